The minimum absolute atomic E-state index is 0.0423. The Morgan fingerprint density at radius 1 is 1.15 bits per heavy atom. The van der Waals surface area contributed by atoms with Gasteiger partial charge >= 0.3 is 0 Å². The normalized spacial score (nSPS) is 14.3. The standard InChI is InChI=1S/C17H28N2O/c1-12(2)10-16(14-8-6-5-7-9-14)19-17(20)11-15(18)13(3)4/h5-9,12-13,15-16H,10-11,18H2,1-4H3,(H,19,20). The summed E-state index contributed by atoms with van der Waals surface area (Å²) in [6.45, 7) is 8.42. The van der Waals surface area contributed by atoms with Crippen LogP contribution in [0.3, 0.4) is 0 Å². The minimum atomic E-state index is -0.0783. The lowest BCUT2D eigenvalue weighted by molar-refractivity contribution is -0.122. The molecule has 3 heteroatoms. The lowest BCUT2D eigenvalue weighted by atomic mass is 9.96. The van der Waals surface area contributed by atoms with E-state index in [1.165, 1.54) is 0 Å². The van der Waals surface area contributed by atoms with E-state index in [1.54, 1.807) is 0 Å². The molecular formula is C17H28N2O. The first-order valence-electron chi connectivity index (χ1n) is 7.50. The Bertz CT molecular complexity index is 401. The minimum Gasteiger partial charge on any atom is -0.349 e. The zero-order valence-corrected chi connectivity index (χ0v) is 13.1. The first-order chi connectivity index (χ1) is 9.40. The second kappa shape index (κ2) is 8.05. The molecule has 2 atom stereocenters. The maximum atomic E-state index is 12.1. The third kappa shape index (κ3) is 5.74. The van der Waals surface area contributed by atoms with Gasteiger partial charge in [-0.1, -0.05) is 58.0 Å². The number of nitrogens with one attached hydrogen (secondary N) is 1. The van der Waals surface area contributed by atoms with Gasteiger partial charge in [-0.3, -0.25) is 4.79 Å². The summed E-state index contributed by atoms with van der Waals surface area (Å²) in [5, 5.41) is 3.13. The Balaban J connectivity index is 2.68. The summed E-state index contributed by atoms with van der Waals surface area (Å²) in [6, 6.07) is 10.1. The lowest BCUT2D eigenvalue weighted by Crippen LogP contribution is -2.36. The maximum Gasteiger partial charge on any atom is 0.222 e. The van der Waals surface area contributed by atoms with E-state index in [1.807, 2.05) is 32.0 Å². The number of rotatable bonds is 7. The van der Waals surface area contributed by atoms with Crippen molar-refractivity contribution in [2.45, 2.75) is 52.6 Å². The van der Waals surface area contributed by atoms with Crippen molar-refractivity contribution in [2.75, 3.05) is 0 Å². The molecule has 3 nitrogen and oxygen atoms in total. The largest absolute Gasteiger partial charge is 0.349 e. The van der Waals surface area contributed by atoms with Crippen LogP contribution in [0.4, 0.5) is 0 Å². The summed E-state index contributed by atoms with van der Waals surface area (Å²) in [4.78, 5) is 12.1. The Kier molecular flexibility index (Phi) is 6.73. The summed E-state index contributed by atoms with van der Waals surface area (Å²) < 4.78 is 0. The number of carbonyl (C=O) groups is 1. The highest BCUT2D eigenvalue weighted by atomic mass is 16.1. The van der Waals surface area contributed by atoms with Crippen LogP contribution in [0.5, 0.6) is 0 Å². The Hall–Kier alpha value is -1.35. The second-order valence-electron chi connectivity index (χ2n) is 6.27. The van der Waals surface area contributed by atoms with Gasteiger partial charge in [0.25, 0.3) is 0 Å². The Labute approximate surface area is 122 Å². The topological polar surface area (TPSA) is 55.1 Å². The summed E-state index contributed by atoms with van der Waals surface area (Å²) in [5.41, 5.74) is 7.13. The number of amides is 1. The van der Waals surface area contributed by atoms with Gasteiger partial charge in [-0.25, -0.2) is 0 Å². The van der Waals surface area contributed by atoms with E-state index in [9.17, 15) is 4.79 Å². The molecule has 1 rings (SSSR count). The number of carbonyl (C=O) groups excluding carboxylic acids is 1. The van der Waals surface area contributed by atoms with E-state index >= 15 is 0 Å². The highest BCUT2D eigenvalue weighted by Gasteiger charge is 2.18. The zero-order valence-electron chi connectivity index (χ0n) is 13.1. The highest BCUT2D eigenvalue weighted by Crippen LogP contribution is 2.21. The van der Waals surface area contributed by atoms with E-state index in [-0.39, 0.29) is 18.0 Å². The molecule has 0 aliphatic carbocycles. The van der Waals surface area contributed by atoms with Crippen LogP contribution in [-0.2, 0) is 4.79 Å². The van der Waals surface area contributed by atoms with E-state index in [0.717, 1.165) is 12.0 Å². The van der Waals surface area contributed by atoms with Crippen molar-refractivity contribution in [1.29, 1.82) is 0 Å². The van der Waals surface area contributed by atoms with E-state index in [2.05, 4.69) is 31.3 Å². The third-order valence-corrected chi connectivity index (χ3v) is 3.52. The van der Waals surface area contributed by atoms with Crippen LogP contribution < -0.4 is 11.1 Å². The molecule has 1 aromatic carbocycles. The predicted molar refractivity (Wildman–Crippen MR) is 84.2 cm³/mol. The van der Waals surface area contributed by atoms with E-state index in [0.29, 0.717) is 18.3 Å². The highest BCUT2D eigenvalue weighted by molar-refractivity contribution is 5.77. The van der Waals surface area contributed by atoms with Crippen LogP contribution >= 0.6 is 0 Å². The van der Waals surface area contributed by atoms with Gasteiger partial charge in [0.2, 0.25) is 5.91 Å². The van der Waals surface area contributed by atoms with E-state index in [4.69, 9.17) is 5.73 Å². The van der Waals surface area contributed by atoms with Crippen molar-refractivity contribution in [1.82, 2.24) is 5.32 Å². The van der Waals surface area contributed by atoms with Gasteiger partial charge in [-0.2, -0.15) is 0 Å². The number of hydrogen-bond acceptors (Lipinski definition) is 2. The Morgan fingerprint density at radius 2 is 1.75 bits per heavy atom. The van der Waals surface area contributed by atoms with Gasteiger partial charge < -0.3 is 11.1 Å². The lowest BCUT2D eigenvalue weighted by Gasteiger charge is -2.23. The van der Waals surface area contributed by atoms with Crippen LogP contribution in [0, 0.1) is 11.8 Å². The van der Waals surface area contributed by atoms with Gasteiger partial charge in [-0.05, 0) is 23.8 Å². The van der Waals surface area contributed by atoms with Gasteiger partial charge in [0.05, 0.1) is 6.04 Å². The molecule has 0 fully saturated rings. The average Bonchev–Trinajstić information content (AvgIpc) is 2.38. The number of hydrogen-bond donors (Lipinski definition) is 2. The molecule has 1 amide bonds. The first-order valence-corrected chi connectivity index (χ1v) is 7.50. The summed E-state index contributed by atoms with van der Waals surface area (Å²) >= 11 is 0. The third-order valence-electron chi connectivity index (χ3n) is 3.52. The van der Waals surface area contributed by atoms with Crippen LogP contribution in [0.15, 0.2) is 30.3 Å². The fourth-order valence-corrected chi connectivity index (χ4v) is 2.14. The Morgan fingerprint density at radius 3 is 2.25 bits per heavy atom. The summed E-state index contributed by atoms with van der Waals surface area (Å²) in [6.07, 6.45) is 1.33. The molecule has 0 aliphatic rings. The van der Waals surface area contributed by atoms with Crippen molar-refractivity contribution < 1.29 is 4.79 Å². The first kappa shape index (κ1) is 16.7. The average molecular weight is 276 g/mol. The zero-order chi connectivity index (χ0) is 15.1. The van der Waals surface area contributed by atoms with Crippen molar-refractivity contribution in [2.24, 2.45) is 17.6 Å². The van der Waals surface area contributed by atoms with Crippen LogP contribution in [0.2, 0.25) is 0 Å². The van der Waals surface area contributed by atoms with Gasteiger partial charge in [-0.15, -0.1) is 0 Å². The van der Waals surface area contributed by atoms with Gasteiger partial charge in [0.1, 0.15) is 0 Å². The summed E-state index contributed by atoms with van der Waals surface area (Å²) in [5.74, 6) is 0.890. The molecule has 20 heavy (non-hydrogen) atoms. The molecule has 2 unspecified atom stereocenters. The molecule has 0 aliphatic heterocycles. The van der Waals surface area contributed by atoms with Crippen LogP contribution in [-0.4, -0.2) is 11.9 Å². The van der Waals surface area contributed by atoms with Crippen LogP contribution in [0.1, 0.15) is 52.1 Å². The monoisotopic (exact) mass is 276 g/mol. The molecule has 0 spiro atoms. The molecule has 1 aromatic rings. The second-order valence-corrected chi connectivity index (χ2v) is 6.27. The molecule has 3 N–H and O–H groups in total. The molecule has 0 radical (unpaired) electrons. The molecular weight excluding hydrogens is 248 g/mol. The maximum absolute atomic E-state index is 12.1. The van der Waals surface area contributed by atoms with Crippen molar-refractivity contribution in [3.63, 3.8) is 0 Å². The predicted octanol–water partition coefficient (Wildman–Crippen LogP) is 3.26. The molecule has 0 bridgehead atoms. The molecule has 112 valence electrons. The fraction of sp³-hybridized carbons (Fsp3) is 0.588. The molecule has 0 heterocycles. The van der Waals surface area contributed by atoms with Gasteiger partial charge in [0, 0.05) is 12.5 Å². The number of benzene rings is 1. The number of nitrogens with two attached hydrogens (primary N) is 1. The van der Waals surface area contributed by atoms with Crippen molar-refractivity contribution in [3.05, 3.63) is 35.9 Å². The van der Waals surface area contributed by atoms with Crippen LogP contribution in [0.25, 0.3) is 0 Å². The van der Waals surface area contributed by atoms with E-state index < -0.39 is 0 Å². The molecule has 0 saturated carbocycles. The quantitative estimate of drug-likeness (QED) is 0.803. The molecule has 0 saturated heterocycles. The van der Waals surface area contributed by atoms with Crippen molar-refractivity contribution >= 4 is 5.91 Å². The molecule has 0 aromatic heterocycles. The van der Waals surface area contributed by atoms with Gasteiger partial charge in [0.15, 0.2) is 0 Å². The summed E-state index contributed by atoms with van der Waals surface area (Å²) in [7, 11) is 0. The smallest absolute Gasteiger partial charge is 0.222 e. The van der Waals surface area contributed by atoms with Crippen molar-refractivity contribution in [3.8, 4) is 0 Å². The fourth-order valence-electron chi connectivity index (χ4n) is 2.14. The SMILES string of the molecule is CC(C)CC(NC(=O)CC(N)C(C)C)c1ccccc1.